The zero-order valence-electron chi connectivity index (χ0n) is 6.77. The Morgan fingerprint density at radius 1 is 1.57 bits per heavy atom. The molecule has 1 aromatic heterocycles. The summed E-state index contributed by atoms with van der Waals surface area (Å²) in [5.41, 5.74) is -0.874. The highest BCUT2D eigenvalue weighted by atomic mass is 35.5. The van der Waals surface area contributed by atoms with Crippen molar-refractivity contribution in [3.63, 3.8) is 0 Å². The van der Waals surface area contributed by atoms with Crippen LogP contribution in [0.4, 0.5) is 13.2 Å². The smallest absolute Gasteiger partial charge is 0.249 e. The molecule has 0 N–H and O–H groups in total. The van der Waals surface area contributed by atoms with Crippen LogP contribution in [0.3, 0.4) is 0 Å². The number of aromatic nitrogens is 1. The van der Waals surface area contributed by atoms with Crippen LogP contribution in [-0.2, 0) is 6.42 Å². The first kappa shape index (κ1) is 10.8. The molecule has 1 heterocycles. The van der Waals surface area contributed by atoms with Crippen molar-refractivity contribution < 1.29 is 13.2 Å². The van der Waals surface area contributed by atoms with E-state index in [1.807, 2.05) is 0 Å². The normalized spacial score (nSPS) is 10.3. The van der Waals surface area contributed by atoms with Crippen LogP contribution in [0.15, 0.2) is 6.07 Å². The van der Waals surface area contributed by atoms with E-state index in [0.29, 0.717) is 6.07 Å². The van der Waals surface area contributed by atoms with Gasteiger partial charge in [0.25, 0.3) is 6.43 Å². The number of alkyl halides is 2. The largest absolute Gasteiger partial charge is 0.280 e. The molecular formula is C8H4ClF3N2. The van der Waals surface area contributed by atoms with Crippen molar-refractivity contribution in [3.05, 3.63) is 28.3 Å². The maximum atomic E-state index is 12.9. The van der Waals surface area contributed by atoms with Crippen LogP contribution < -0.4 is 0 Å². The average molecular weight is 221 g/mol. The highest BCUT2D eigenvalue weighted by molar-refractivity contribution is 6.31. The summed E-state index contributed by atoms with van der Waals surface area (Å²) in [6.07, 6.45) is -3.17. The standard InChI is InChI=1S/C8H4ClF3N2/c9-7-4(10)3-6(8(11)12)14-5(7)1-2-13/h3,8H,1H2. The van der Waals surface area contributed by atoms with E-state index in [1.165, 1.54) is 0 Å². The monoisotopic (exact) mass is 220 g/mol. The van der Waals surface area contributed by atoms with Crippen LogP contribution in [0, 0.1) is 17.1 Å². The van der Waals surface area contributed by atoms with Gasteiger partial charge in [0.15, 0.2) is 0 Å². The Hall–Kier alpha value is -1.28. The number of nitrogens with zero attached hydrogens (tertiary/aromatic N) is 2. The van der Waals surface area contributed by atoms with Gasteiger partial charge in [-0.2, -0.15) is 5.26 Å². The van der Waals surface area contributed by atoms with Crippen LogP contribution >= 0.6 is 11.6 Å². The number of hydrogen-bond acceptors (Lipinski definition) is 2. The first-order valence-corrected chi connectivity index (χ1v) is 3.94. The second-order valence-corrected chi connectivity index (χ2v) is 2.80. The summed E-state index contributed by atoms with van der Waals surface area (Å²) in [6, 6.07) is 2.22. The number of hydrogen-bond donors (Lipinski definition) is 0. The van der Waals surface area contributed by atoms with Crippen molar-refractivity contribution in [2.24, 2.45) is 0 Å². The minimum Gasteiger partial charge on any atom is -0.249 e. The molecule has 0 atom stereocenters. The zero-order chi connectivity index (χ0) is 10.7. The van der Waals surface area contributed by atoms with E-state index < -0.39 is 17.9 Å². The molecule has 14 heavy (non-hydrogen) atoms. The molecule has 0 amide bonds. The topological polar surface area (TPSA) is 36.7 Å². The summed E-state index contributed by atoms with van der Waals surface area (Å²) in [5, 5.41) is 7.93. The molecule has 1 aromatic rings. The highest BCUT2D eigenvalue weighted by Crippen LogP contribution is 2.24. The summed E-state index contributed by atoms with van der Waals surface area (Å²) < 4.78 is 37.2. The van der Waals surface area contributed by atoms with E-state index in [-0.39, 0.29) is 17.1 Å². The molecule has 0 fully saturated rings. The van der Waals surface area contributed by atoms with Crippen molar-refractivity contribution in [1.82, 2.24) is 4.98 Å². The first-order valence-electron chi connectivity index (χ1n) is 3.56. The van der Waals surface area contributed by atoms with Gasteiger partial charge in [-0.3, -0.25) is 0 Å². The lowest BCUT2D eigenvalue weighted by atomic mass is 10.2. The van der Waals surface area contributed by atoms with Crippen molar-refractivity contribution >= 4 is 11.6 Å². The molecule has 0 unspecified atom stereocenters. The van der Waals surface area contributed by atoms with Crippen LogP contribution in [0.25, 0.3) is 0 Å². The molecule has 0 aromatic carbocycles. The number of rotatable bonds is 2. The molecule has 1 rings (SSSR count). The maximum Gasteiger partial charge on any atom is 0.280 e. The van der Waals surface area contributed by atoms with E-state index in [1.54, 1.807) is 6.07 Å². The van der Waals surface area contributed by atoms with Crippen molar-refractivity contribution in [2.75, 3.05) is 0 Å². The lowest BCUT2D eigenvalue weighted by molar-refractivity contribution is 0.145. The molecule has 0 aliphatic heterocycles. The molecule has 0 radical (unpaired) electrons. The van der Waals surface area contributed by atoms with E-state index >= 15 is 0 Å². The third-order valence-electron chi connectivity index (χ3n) is 1.47. The summed E-state index contributed by atoms with van der Waals surface area (Å²) in [6.45, 7) is 0. The van der Waals surface area contributed by atoms with Gasteiger partial charge in [0.05, 0.1) is 23.2 Å². The third-order valence-corrected chi connectivity index (χ3v) is 1.87. The fraction of sp³-hybridized carbons (Fsp3) is 0.250. The summed E-state index contributed by atoms with van der Waals surface area (Å²) in [5.74, 6) is -0.984. The molecule has 0 bridgehead atoms. The molecule has 0 aliphatic rings. The van der Waals surface area contributed by atoms with Crippen molar-refractivity contribution in [2.45, 2.75) is 12.8 Å². The molecule has 2 nitrogen and oxygen atoms in total. The second-order valence-electron chi connectivity index (χ2n) is 2.43. The first-order chi connectivity index (χ1) is 6.56. The van der Waals surface area contributed by atoms with Gasteiger partial charge in [0.2, 0.25) is 0 Å². The molecule has 6 heteroatoms. The predicted octanol–water partition coefficient (Wildman–Crippen LogP) is 2.88. The maximum absolute atomic E-state index is 12.9. The Morgan fingerprint density at radius 3 is 2.71 bits per heavy atom. The van der Waals surface area contributed by atoms with Gasteiger partial charge >= 0.3 is 0 Å². The Balaban J connectivity index is 3.22. The van der Waals surface area contributed by atoms with Gasteiger partial charge in [-0.15, -0.1) is 0 Å². The zero-order valence-corrected chi connectivity index (χ0v) is 7.52. The van der Waals surface area contributed by atoms with Crippen LogP contribution in [0.5, 0.6) is 0 Å². The van der Waals surface area contributed by atoms with Crippen LogP contribution in [0.2, 0.25) is 5.02 Å². The SMILES string of the molecule is N#CCc1nc(C(F)F)cc(F)c1Cl. The van der Waals surface area contributed by atoms with E-state index in [9.17, 15) is 13.2 Å². The van der Waals surface area contributed by atoms with Crippen LogP contribution in [-0.4, -0.2) is 4.98 Å². The fourth-order valence-electron chi connectivity index (χ4n) is 0.872. The van der Waals surface area contributed by atoms with Gasteiger partial charge in [-0.1, -0.05) is 11.6 Å². The summed E-state index contributed by atoms with van der Waals surface area (Å²) in [4.78, 5) is 3.38. The van der Waals surface area contributed by atoms with Crippen LogP contribution in [0.1, 0.15) is 17.8 Å². The molecular weight excluding hydrogens is 217 g/mol. The van der Waals surface area contributed by atoms with Gasteiger partial charge in [0, 0.05) is 6.07 Å². The average Bonchev–Trinajstić information content (AvgIpc) is 2.12. The Morgan fingerprint density at radius 2 is 2.21 bits per heavy atom. The summed E-state index contributed by atoms with van der Waals surface area (Å²) >= 11 is 5.42. The lowest BCUT2D eigenvalue weighted by Crippen LogP contribution is -1.99. The second kappa shape index (κ2) is 4.29. The minimum absolute atomic E-state index is 0.163. The number of nitriles is 1. The quantitative estimate of drug-likeness (QED) is 0.768. The van der Waals surface area contributed by atoms with Gasteiger partial charge < -0.3 is 0 Å². The molecule has 0 aliphatic carbocycles. The highest BCUT2D eigenvalue weighted by Gasteiger charge is 2.16. The van der Waals surface area contributed by atoms with E-state index in [0.717, 1.165) is 0 Å². The van der Waals surface area contributed by atoms with Crippen molar-refractivity contribution in [1.29, 1.82) is 5.26 Å². The molecule has 0 saturated heterocycles. The summed E-state index contributed by atoms with van der Waals surface area (Å²) in [7, 11) is 0. The predicted molar refractivity (Wildman–Crippen MR) is 43.5 cm³/mol. The van der Waals surface area contributed by atoms with E-state index in [4.69, 9.17) is 16.9 Å². The van der Waals surface area contributed by atoms with Gasteiger partial charge in [-0.05, 0) is 0 Å². The molecule has 0 saturated carbocycles. The Kier molecular flexibility index (Phi) is 3.31. The molecule has 74 valence electrons. The molecule has 0 spiro atoms. The number of halogens is 4. The van der Waals surface area contributed by atoms with Gasteiger partial charge in [-0.25, -0.2) is 18.2 Å². The fourth-order valence-corrected chi connectivity index (χ4v) is 1.04. The Bertz CT molecular complexity index is 387. The number of pyridine rings is 1. The third kappa shape index (κ3) is 2.15. The minimum atomic E-state index is -2.88. The lowest BCUT2D eigenvalue weighted by Gasteiger charge is -2.04. The van der Waals surface area contributed by atoms with E-state index in [2.05, 4.69) is 4.98 Å². The van der Waals surface area contributed by atoms with Crippen molar-refractivity contribution in [3.8, 4) is 6.07 Å². The Labute approximate surface area is 82.9 Å². The van der Waals surface area contributed by atoms with Gasteiger partial charge in [0.1, 0.15) is 11.5 Å².